The predicted molar refractivity (Wildman–Crippen MR) is 90.3 cm³/mol. The first-order valence-electron chi connectivity index (χ1n) is 6.85. The fraction of sp³-hybridized carbons (Fsp3) is 0.467. The summed E-state index contributed by atoms with van der Waals surface area (Å²) in [6, 6.07) is 12.3. The number of benzene rings is 1. The molecule has 1 aliphatic rings. The van der Waals surface area contributed by atoms with Gasteiger partial charge in [-0.25, -0.2) is 0 Å². The molecule has 0 spiro atoms. The first-order chi connectivity index (χ1) is 10.2. The predicted octanol–water partition coefficient (Wildman–Crippen LogP) is 4.51. The molecule has 1 aromatic carbocycles. The van der Waals surface area contributed by atoms with Gasteiger partial charge in [-0.05, 0) is 30.4 Å². The molecule has 1 heterocycles. The van der Waals surface area contributed by atoms with E-state index >= 15 is 0 Å². The standard InChI is InChI=1S/C15H16N4S2/c16-10-15(14(20)12-5-2-1-3-6-12)9-13(21-11-15)7-4-8-18-19-17/h1-3,5-6,13H,4,7-9,11H2. The third-order valence-corrected chi connectivity index (χ3v) is 5.83. The summed E-state index contributed by atoms with van der Waals surface area (Å²) in [6.45, 7) is 0.524. The van der Waals surface area contributed by atoms with Crippen LogP contribution in [0.25, 0.3) is 10.4 Å². The molecule has 1 fully saturated rings. The van der Waals surface area contributed by atoms with Crippen molar-refractivity contribution in [3.8, 4) is 6.07 Å². The smallest absolute Gasteiger partial charge is 0.103 e. The van der Waals surface area contributed by atoms with Gasteiger partial charge >= 0.3 is 0 Å². The van der Waals surface area contributed by atoms with E-state index in [1.165, 1.54) is 0 Å². The molecule has 0 aromatic heterocycles. The highest BCUT2D eigenvalue weighted by atomic mass is 32.2. The molecule has 2 unspecified atom stereocenters. The molecule has 1 saturated heterocycles. The highest BCUT2D eigenvalue weighted by molar-refractivity contribution is 8.00. The molecular formula is C15H16N4S2. The zero-order chi connectivity index (χ0) is 15.1. The van der Waals surface area contributed by atoms with Crippen molar-refractivity contribution in [2.24, 2.45) is 10.5 Å². The van der Waals surface area contributed by atoms with Crippen LogP contribution in [0, 0.1) is 16.7 Å². The molecule has 0 aliphatic carbocycles. The van der Waals surface area contributed by atoms with Crippen molar-refractivity contribution in [2.45, 2.75) is 24.5 Å². The minimum absolute atomic E-state index is 0.417. The lowest BCUT2D eigenvalue weighted by Gasteiger charge is -2.21. The van der Waals surface area contributed by atoms with Crippen LogP contribution in [0.5, 0.6) is 0 Å². The minimum Gasteiger partial charge on any atom is -0.197 e. The quantitative estimate of drug-likeness (QED) is 0.193. The van der Waals surface area contributed by atoms with Gasteiger partial charge in [0, 0.05) is 27.3 Å². The highest BCUT2D eigenvalue weighted by Crippen LogP contribution is 2.45. The molecule has 21 heavy (non-hydrogen) atoms. The van der Waals surface area contributed by atoms with Crippen molar-refractivity contribution in [1.29, 1.82) is 5.26 Å². The van der Waals surface area contributed by atoms with Crippen LogP contribution in [-0.4, -0.2) is 22.4 Å². The van der Waals surface area contributed by atoms with Crippen LogP contribution < -0.4 is 0 Å². The Morgan fingerprint density at radius 1 is 1.52 bits per heavy atom. The fourth-order valence-corrected chi connectivity index (χ4v) is 4.55. The molecule has 0 amide bonds. The maximum Gasteiger partial charge on any atom is 0.103 e. The first-order valence-corrected chi connectivity index (χ1v) is 8.31. The number of rotatable bonds is 6. The van der Waals surface area contributed by atoms with E-state index in [4.69, 9.17) is 17.7 Å². The Hall–Kier alpha value is -1.54. The summed E-state index contributed by atoms with van der Waals surface area (Å²) < 4.78 is 0. The molecule has 108 valence electrons. The number of thiocarbonyl (C=S) groups is 1. The average Bonchev–Trinajstić information content (AvgIpc) is 2.96. The van der Waals surface area contributed by atoms with Gasteiger partial charge in [0.25, 0.3) is 0 Å². The van der Waals surface area contributed by atoms with Crippen LogP contribution in [0.15, 0.2) is 35.4 Å². The van der Waals surface area contributed by atoms with Crippen molar-refractivity contribution >= 4 is 28.8 Å². The Labute approximate surface area is 134 Å². The second-order valence-corrected chi connectivity index (χ2v) is 6.82. The number of azide groups is 1. The van der Waals surface area contributed by atoms with Crippen molar-refractivity contribution in [1.82, 2.24) is 0 Å². The van der Waals surface area contributed by atoms with E-state index in [1.807, 2.05) is 42.1 Å². The monoisotopic (exact) mass is 316 g/mol. The third-order valence-electron chi connectivity index (χ3n) is 3.67. The molecule has 0 bridgehead atoms. The largest absolute Gasteiger partial charge is 0.197 e. The van der Waals surface area contributed by atoms with Crippen LogP contribution in [0.3, 0.4) is 0 Å². The van der Waals surface area contributed by atoms with Gasteiger partial charge in [0.15, 0.2) is 0 Å². The van der Waals surface area contributed by atoms with Gasteiger partial charge in [0.1, 0.15) is 5.41 Å². The van der Waals surface area contributed by atoms with Crippen molar-refractivity contribution in [3.63, 3.8) is 0 Å². The van der Waals surface area contributed by atoms with Crippen molar-refractivity contribution in [2.75, 3.05) is 12.3 Å². The number of hydrogen-bond donors (Lipinski definition) is 0. The number of nitrogens with zero attached hydrogens (tertiary/aromatic N) is 4. The van der Waals surface area contributed by atoms with Crippen molar-refractivity contribution in [3.05, 3.63) is 46.3 Å². The fourth-order valence-electron chi connectivity index (χ4n) is 2.54. The summed E-state index contributed by atoms with van der Waals surface area (Å²) in [5.74, 6) is 0.753. The van der Waals surface area contributed by atoms with Crippen LogP contribution >= 0.6 is 24.0 Å². The van der Waals surface area contributed by atoms with Crippen LogP contribution in [0.2, 0.25) is 0 Å². The third kappa shape index (κ3) is 3.76. The maximum absolute atomic E-state index is 9.66. The van der Waals surface area contributed by atoms with E-state index in [0.717, 1.165) is 35.4 Å². The molecule has 2 atom stereocenters. The molecule has 1 aliphatic heterocycles. The Morgan fingerprint density at radius 2 is 2.29 bits per heavy atom. The molecule has 1 aromatic rings. The van der Waals surface area contributed by atoms with Crippen molar-refractivity contribution < 1.29 is 0 Å². The summed E-state index contributed by atoms with van der Waals surface area (Å²) >= 11 is 7.41. The summed E-state index contributed by atoms with van der Waals surface area (Å²) in [4.78, 5) is 3.52. The molecule has 0 saturated carbocycles. The van der Waals surface area contributed by atoms with Crippen LogP contribution in [0.4, 0.5) is 0 Å². The Bertz CT molecular complexity index is 589. The normalized spacial score (nSPS) is 24.0. The number of nitriles is 1. The second kappa shape index (κ2) is 7.46. The van der Waals surface area contributed by atoms with Gasteiger partial charge in [-0.15, -0.1) is 0 Å². The van der Waals surface area contributed by atoms with Gasteiger partial charge < -0.3 is 0 Å². The topological polar surface area (TPSA) is 72.5 Å². The molecule has 4 nitrogen and oxygen atoms in total. The zero-order valence-corrected chi connectivity index (χ0v) is 13.2. The molecule has 2 rings (SSSR count). The molecule has 0 radical (unpaired) electrons. The second-order valence-electron chi connectivity index (χ2n) is 5.12. The SMILES string of the molecule is N#CC1(C(=S)c2ccccc2)CSC(CCCN=[N+]=[N-])C1. The van der Waals surface area contributed by atoms with E-state index in [9.17, 15) is 5.26 Å². The van der Waals surface area contributed by atoms with Gasteiger partial charge in [-0.3, -0.25) is 0 Å². The van der Waals surface area contributed by atoms with Gasteiger partial charge in [-0.2, -0.15) is 17.0 Å². The molecule has 6 heteroatoms. The maximum atomic E-state index is 9.66. The van der Waals surface area contributed by atoms with Crippen LogP contribution in [0.1, 0.15) is 24.8 Å². The zero-order valence-electron chi connectivity index (χ0n) is 11.6. The Morgan fingerprint density at radius 3 is 2.95 bits per heavy atom. The van der Waals surface area contributed by atoms with Crippen LogP contribution in [-0.2, 0) is 0 Å². The van der Waals surface area contributed by atoms with Gasteiger partial charge in [0.2, 0.25) is 0 Å². The summed E-state index contributed by atoms with van der Waals surface area (Å²) in [5, 5.41) is 13.6. The average molecular weight is 316 g/mol. The minimum atomic E-state index is -0.537. The summed E-state index contributed by atoms with van der Waals surface area (Å²) in [5.41, 5.74) is 8.71. The lowest BCUT2D eigenvalue weighted by atomic mass is 9.80. The van der Waals surface area contributed by atoms with E-state index in [0.29, 0.717) is 11.8 Å². The lowest BCUT2D eigenvalue weighted by Crippen LogP contribution is -2.29. The summed E-state index contributed by atoms with van der Waals surface area (Å²) in [7, 11) is 0. The Balaban J connectivity index is 2.02. The van der Waals surface area contributed by atoms with Gasteiger partial charge in [0.05, 0.1) is 6.07 Å². The number of thioether (sulfide) groups is 1. The first kappa shape index (κ1) is 15.8. The van der Waals surface area contributed by atoms with E-state index in [1.54, 1.807) is 0 Å². The van der Waals surface area contributed by atoms with E-state index in [-0.39, 0.29) is 0 Å². The Kier molecular flexibility index (Phi) is 5.63. The summed E-state index contributed by atoms with van der Waals surface area (Å²) in [6.07, 6.45) is 2.62. The number of hydrogen-bond acceptors (Lipinski definition) is 4. The van der Waals surface area contributed by atoms with E-state index in [2.05, 4.69) is 16.1 Å². The molecule has 0 N–H and O–H groups in total. The molecular weight excluding hydrogens is 300 g/mol. The van der Waals surface area contributed by atoms with Gasteiger partial charge in [-0.1, -0.05) is 47.7 Å². The highest BCUT2D eigenvalue weighted by Gasteiger charge is 2.43. The van der Waals surface area contributed by atoms with E-state index < -0.39 is 5.41 Å². The lowest BCUT2D eigenvalue weighted by molar-refractivity contribution is 0.558.